The van der Waals surface area contributed by atoms with Gasteiger partial charge in [0.2, 0.25) is 10.0 Å². The Labute approximate surface area is 229 Å². The molecule has 1 aromatic heterocycles. The van der Waals surface area contributed by atoms with Gasteiger partial charge in [0.25, 0.3) is 0 Å². The van der Waals surface area contributed by atoms with E-state index in [1.165, 1.54) is 42.5 Å². The Morgan fingerprint density at radius 2 is 1.70 bits per heavy atom. The van der Waals surface area contributed by atoms with Crippen LogP contribution in [-0.2, 0) is 34.0 Å². The van der Waals surface area contributed by atoms with Crippen LogP contribution in [0, 0.1) is 11.8 Å². The third kappa shape index (κ3) is 6.65. The second-order valence-electron chi connectivity index (χ2n) is 8.86. The first-order valence-corrected chi connectivity index (χ1v) is 13.6. The van der Waals surface area contributed by atoms with Gasteiger partial charge in [-0.2, -0.15) is 17.9 Å². The molecule has 0 aliphatic carbocycles. The first-order chi connectivity index (χ1) is 19.0. The highest BCUT2D eigenvalue weighted by Crippen LogP contribution is 2.33. The van der Waals surface area contributed by atoms with Crippen LogP contribution in [0.3, 0.4) is 0 Å². The number of sulfonamides is 1. The van der Waals surface area contributed by atoms with Crippen LogP contribution in [0.1, 0.15) is 23.6 Å². The van der Waals surface area contributed by atoms with Crippen LogP contribution < -0.4 is 9.46 Å². The number of halogens is 3. The van der Waals surface area contributed by atoms with Gasteiger partial charge in [0.15, 0.2) is 0 Å². The minimum absolute atomic E-state index is 0.0481. The summed E-state index contributed by atoms with van der Waals surface area (Å²) >= 11 is 0. The Bertz CT molecular complexity index is 1680. The van der Waals surface area contributed by atoms with E-state index in [2.05, 4.69) is 16.6 Å². The fourth-order valence-corrected chi connectivity index (χ4v) is 5.48. The van der Waals surface area contributed by atoms with Gasteiger partial charge in [0.1, 0.15) is 18.4 Å². The molecule has 3 aromatic carbocycles. The standard InChI is InChI=1S/C29H25F3N2O5S/c1-2-3-16-39-22-12-14-23(15-13-22)40(37,38)33-26(28(35)36)17-21-19-34(27-11-7-5-9-24(21)27)18-20-8-4-6-10-25(20)29(30,31)32/h4-15,19,26,33H,16-18H2,1H3,(H,35,36)/t26-/m1/s1. The highest BCUT2D eigenvalue weighted by molar-refractivity contribution is 7.89. The van der Waals surface area contributed by atoms with Crippen LogP contribution >= 0.6 is 0 Å². The van der Waals surface area contributed by atoms with Crippen molar-refractivity contribution in [3.05, 3.63) is 95.7 Å². The maximum absolute atomic E-state index is 13.6. The van der Waals surface area contributed by atoms with Crippen LogP contribution in [0.4, 0.5) is 13.2 Å². The normalized spacial score (nSPS) is 12.5. The number of aromatic nitrogens is 1. The lowest BCUT2D eigenvalue weighted by atomic mass is 10.1. The van der Waals surface area contributed by atoms with Crippen LogP contribution in [0.5, 0.6) is 5.75 Å². The fraction of sp³-hybridized carbons (Fsp3) is 0.207. The largest absolute Gasteiger partial charge is 0.481 e. The summed E-state index contributed by atoms with van der Waals surface area (Å²) in [7, 11) is -4.23. The van der Waals surface area contributed by atoms with Crippen LogP contribution in [0.15, 0.2) is 83.9 Å². The molecule has 4 aromatic rings. The topological polar surface area (TPSA) is 97.6 Å². The zero-order valence-corrected chi connectivity index (χ0v) is 22.1. The van der Waals surface area contributed by atoms with Crippen molar-refractivity contribution in [2.45, 2.75) is 37.0 Å². The molecule has 0 bridgehead atoms. The number of fused-ring (bicyclic) bond motifs is 1. The van der Waals surface area contributed by atoms with Crippen molar-refractivity contribution in [3.8, 4) is 17.6 Å². The van der Waals surface area contributed by atoms with Crippen molar-refractivity contribution in [2.75, 3.05) is 6.61 Å². The maximum atomic E-state index is 13.6. The van der Waals surface area contributed by atoms with E-state index in [9.17, 15) is 31.5 Å². The van der Waals surface area contributed by atoms with E-state index in [4.69, 9.17) is 4.74 Å². The summed E-state index contributed by atoms with van der Waals surface area (Å²) in [4.78, 5) is 12.0. The summed E-state index contributed by atoms with van der Waals surface area (Å²) in [5.74, 6) is 4.39. The molecular weight excluding hydrogens is 545 g/mol. The van der Waals surface area contributed by atoms with Crippen molar-refractivity contribution >= 4 is 26.9 Å². The summed E-state index contributed by atoms with van der Waals surface area (Å²) < 4.78 is 75.9. The summed E-state index contributed by atoms with van der Waals surface area (Å²) in [5, 5.41) is 10.5. The van der Waals surface area contributed by atoms with Gasteiger partial charge >= 0.3 is 12.1 Å². The second kappa shape index (κ2) is 11.9. The molecule has 1 atom stereocenters. The molecule has 0 fully saturated rings. The van der Waals surface area contributed by atoms with Crippen molar-refractivity contribution in [2.24, 2.45) is 0 Å². The van der Waals surface area contributed by atoms with Gasteiger partial charge in [-0.15, -0.1) is 5.92 Å². The lowest BCUT2D eigenvalue weighted by Crippen LogP contribution is -2.42. The molecule has 40 heavy (non-hydrogen) atoms. The van der Waals surface area contributed by atoms with Gasteiger partial charge < -0.3 is 14.4 Å². The predicted octanol–water partition coefficient (Wildman–Crippen LogP) is 5.08. The molecule has 2 N–H and O–H groups in total. The molecule has 0 aliphatic heterocycles. The van der Waals surface area contributed by atoms with E-state index in [-0.39, 0.29) is 30.0 Å². The van der Waals surface area contributed by atoms with Crippen LogP contribution in [0.2, 0.25) is 0 Å². The van der Waals surface area contributed by atoms with Crippen molar-refractivity contribution in [1.29, 1.82) is 0 Å². The molecule has 0 aliphatic rings. The molecular formula is C29H25F3N2O5S. The number of benzene rings is 3. The number of carbonyl (C=O) groups is 1. The number of hydrogen-bond acceptors (Lipinski definition) is 4. The highest BCUT2D eigenvalue weighted by Gasteiger charge is 2.33. The first-order valence-electron chi connectivity index (χ1n) is 12.1. The number of ether oxygens (including phenoxy) is 1. The zero-order chi connectivity index (χ0) is 28.9. The number of carboxylic acid groups (broad SMARTS) is 1. The number of aliphatic carboxylic acids is 1. The highest BCUT2D eigenvalue weighted by atomic mass is 32.2. The average Bonchev–Trinajstić information content (AvgIpc) is 3.25. The number of hydrogen-bond donors (Lipinski definition) is 2. The smallest absolute Gasteiger partial charge is 0.416 e. The summed E-state index contributed by atoms with van der Waals surface area (Å²) in [6.45, 7) is 1.68. The number of alkyl halides is 3. The number of nitrogens with zero attached hydrogens (tertiary/aromatic N) is 1. The van der Waals surface area contributed by atoms with Gasteiger partial charge in [-0.3, -0.25) is 4.79 Å². The Balaban J connectivity index is 1.60. The maximum Gasteiger partial charge on any atom is 0.416 e. The third-order valence-corrected chi connectivity index (χ3v) is 7.66. The lowest BCUT2D eigenvalue weighted by Gasteiger charge is -2.15. The molecule has 7 nitrogen and oxygen atoms in total. The molecule has 0 saturated carbocycles. The molecule has 4 rings (SSSR count). The molecule has 0 unspecified atom stereocenters. The minimum atomic E-state index is -4.54. The monoisotopic (exact) mass is 570 g/mol. The van der Waals surface area contributed by atoms with E-state index in [0.717, 1.165) is 6.07 Å². The van der Waals surface area contributed by atoms with Gasteiger partial charge in [-0.1, -0.05) is 42.3 Å². The zero-order valence-electron chi connectivity index (χ0n) is 21.3. The van der Waals surface area contributed by atoms with Crippen LogP contribution in [-0.4, -0.2) is 36.7 Å². The number of para-hydroxylation sites is 1. The van der Waals surface area contributed by atoms with Crippen molar-refractivity contribution in [1.82, 2.24) is 9.29 Å². The molecule has 0 saturated heterocycles. The molecule has 208 valence electrons. The van der Waals surface area contributed by atoms with Gasteiger partial charge in [-0.25, -0.2) is 8.42 Å². The Morgan fingerprint density at radius 1 is 1.02 bits per heavy atom. The molecule has 0 spiro atoms. The molecule has 0 radical (unpaired) electrons. The van der Waals surface area contributed by atoms with E-state index in [1.54, 1.807) is 42.0 Å². The first kappa shape index (κ1) is 28.7. The minimum Gasteiger partial charge on any atom is -0.481 e. The second-order valence-corrected chi connectivity index (χ2v) is 10.6. The SMILES string of the molecule is CC#CCOc1ccc(S(=O)(=O)N[C@H](Cc2cn(Cc3ccccc3C(F)(F)F)c3ccccc23)C(=O)O)cc1. The van der Waals surface area contributed by atoms with Gasteiger partial charge in [-0.05, 0) is 54.4 Å². The summed E-state index contributed by atoms with van der Waals surface area (Å²) in [6.07, 6.45) is -3.21. The Morgan fingerprint density at radius 3 is 2.38 bits per heavy atom. The van der Waals surface area contributed by atoms with Crippen molar-refractivity contribution < 1.29 is 36.2 Å². The fourth-order valence-electron chi connectivity index (χ4n) is 4.30. The predicted molar refractivity (Wildman–Crippen MR) is 143 cm³/mol. The molecule has 0 amide bonds. The van der Waals surface area contributed by atoms with E-state index in [1.807, 2.05) is 0 Å². The Hall–Kier alpha value is -4.27. The Kier molecular flexibility index (Phi) is 8.52. The lowest BCUT2D eigenvalue weighted by molar-refractivity contribution is -0.139. The van der Waals surface area contributed by atoms with Crippen molar-refractivity contribution in [3.63, 3.8) is 0 Å². The molecule has 1 heterocycles. The van der Waals surface area contributed by atoms with Gasteiger partial charge in [0, 0.05) is 30.1 Å². The number of rotatable bonds is 10. The average molecular weight is 571 g/mol. The van der Waals surface area contributed by atoms with E-state index in [0.29, 0.717) is 22.2 Å². The van der Waals surface area contributed by atoms with E-state index >= 15 is 0 Å². The number of carboxylic acids is 1. The summed E-state index contributed by atoms with van der Waals surface area (Å²) in [5.41, 5.74) is 0.341. The summed E-state index contributed by atoms with van der Waals surface area (Å²) in [6, 6.07) is 16.0. The third-order valence-electron chi connectivity index (χ3n) is 6.18. The number of nitrogens with one attached hydrogen (secondary N) is 1. The van der Waals surface area contributed by atoms with Crippen LogP contribution in [0.25, 0.3) is 10.9 Å². The van der Waals surface area contributed by atoms with Gasteiger partial charge in [0.05, 0.1) is 10.5 Å². The quantitative estimate of drug-likeness (QED) is 0.259. The van der Waals surface area contributed by atoms with E-state index < -0.39 is 33.8 Å². The molecule has 11 heteroatoms.